The number of aliphatic hydroxyl groups excluding tert-OH is 1. The number of rotatable bonds is 44. The van der Waals surface area contributed by atoms with Crippen molar-refractivity contribution >= 4 is 164 Å². The summed E-state index contributed by atoms with van der Waals surface area (Å²) in [5, 5.41) is 88.4. The molecule has 0 aliphatic carbocycles. The number of aliphatic hydroxyl groups is 1. The lowest BCUT2D eigenvalue weighted by molar-refractivity contribution is -0.156. The Morgan fingerprint density at radius 1 is 0.459 bits per heavy atom. The predicted octanol–water partition coefficient (Wildman–Crippen LogP) is -1.56. The van der Waals surface area contributed by atoms with Crippen LogP contribution in [0.2, 0.25) is 0 Å². The average molecular weight is 2050 g/mol. The van der Waals surface area contributed by atoms with Gasteiger partial charge < -0.3 is 146 Å². The van der Waals surface area contributed by atoms with Gasteiger partial charge in [-0.25, -0.2) is 14.4 Å². The van der Waals surface area contributed by atoms with Crippen LogP contribution in [0.1, 0.15) is 199 Å². The van der Waals surface area contributed by atoms with Gasteiger partial charge in [0.05, 0.1) is 51.8 Å². The normalized spacial score (nSPS) is 19.5. The number of aliphatic carboxylic acids is 4. The molecule has 0 spiro atoms. The number of fused-ring (bicyclic) bond motifs is 2. The van der Waals surface area contributed by atoms with Gasteiger partial charge in [-0.1, -0.05) is 100 Å². The maximum absolute atomic E-state index is 15.2. The van der Waals surface area contributed by atoms with Gasteiger partial charge in [0.2, 0.25) is 88.6 Å². The molecule has 27 N–H and O–H groups in total. The highest BCUT2D eigenvalue weighted by Crippen LogP contribution is 2.25. The number of carboxylic acid groups (broad SMARTS) is 4. The van der Waals surface area contributed by atoms with Gasteiger partial charge in [0.15, 0.2) is 5.78 Å². The second-order valence-electron chi connectivity index (χ2n) is 37.0. The lowest BCUT2D eigenvalue weighted by atomic mass is 9.96. The van der Waals surface area contributed by atoms with Crippen LogP contribution in [0.5, 0.6) is 0 Å². The SMILES string of the molecule is CC1NC(=O)C(CC(=O)O)NC(=O)C(CCCNC(=O)C(Cc2c[nH]c3ccccc23)NC(=O)OC(C)(C)C)NC(=O)CNC(=O)C(NC(=O)C(CC(=O)O)NC(=O)C(CC(N)=O)NC(=O)C(Cc2c[nH]c3ccccc23)NC(=O)CCCCCCCCCCCNC(=O)OC(C)(C)C)C(C)OC(=O)C(CC(=O)c2ccccc2N)NC(=O)C(C(C)CC(=O)O)NC(=O)C(CO)NC(=O)CNC(=O)C(CC(=O)O)NC1=O. The second kappa shape index (κ2) is 58.0. The Kier molecular flexibility index (Phi) is 47.2. The number of carbonyl (C=O) groups is 23. The predicted molar refractivity (Wildman–Crippen MR) is 517 cm³/mol. The molecule has 14 atom stereocenters. The quantitative estimate of drug-likeness (QED) is 0.00689. The minimum atomic E-state index is -2.55. The number of unbranched alkanes of at least 4 members (excludes halogenated alkanes) is 8. The lowest BCUT2D eigenvalue weighted by Crippen LogP contribution is -2.62. The van der Waals surface area contributed by atoms with Gasteiger partial charge >= 0.3 is 42.0 Å². The van der Waals surface area contributed by atoms with Crippen molar-refractivity contribution < 1.29 is 150 Å². The standard InChI is InChI=1S/C95H132N20O31/c1-49(36-74(122)123)78-90(140)112-67(39-69(117)56-28-18-21-29-57(56)96)91(141)144-51(3)79(115-87(137)66(43-77(128)129)111-86(136)63(40-70(97)118)109-85(135)62(38-53-45-101-59-31-23-20-27-55(53)59)106-71(119)33-17-15-13-11-10-12-14-16-24-34-99-92(142)145-94(4,5)6)89(139)103-47-72(120)105-60(32-25-35-98-81(131)61(113-93(143)146-95(7,8)9)37-52-44-100-58-30-22-19-26-54(52)58)83(133)110-65(42-76(126)127)84(134)104-50(2)80(130)108-64(41-75(124)125)82(132)102-46-73(121)107-68(48-116)88(138)114-78/h18-23,26-31,44-45,49-51,60-68,78-79,100-101,116H,10-17,24-25,32-43,46-48,96H2,1-9H3,(H2,97,118)(H,98,131)(H,99,142)(H,102,132)(H,103,139)(H,104,134)(H,105,120)(H,106,119)(H,107,121)(H,108,130)(H,109,135)(H,110,133)(H,111,136)(H,112,140)(H,113,143)(H,114,138)(H,115,137)(H,122,123)(H,124,125)(H,126,127)(H,128,129). The summed E-state index contributed by atoms with van der Waals surface area (Å²) in [7, 11) is 0. The Hall–Kier alpha value is -15.9. The van der Waals surface area contributed by atoms with E-state index in [2.05, 4.69) is 79.1 Å². The molecule has 146 heavy (non-hydrogen) atoms. The number of Topliss-reactive ketones (excluding diaryl/α,β-unsaturated/α-hetero) is 1. The minimum Gasteiger partial charge on any atom is -0.481 e. The summed E-state index contributed by atoms with van der Waals surface area (Å²) in [6, 6.07) is -6.11. The second-order valence-corrected chi connectivity index (χ2v) is 37.0. The third-order valence-electron chi connectivity index (χ3n) is 22.5. The van der Waals surface area contributed by atoms with Crippen LogP contribution in [0.15, 0.2) is 85.2 Å². The fourth-order valence-electron chi connectivity index (χ4n) is 15.1. The van der Waals surface area contributed by atoms with E-state index in [0.29, 0.717) is 52.3 Å². The van der Waals surface area contributed by atoms with Gasteiger partial charge in [-0.05, 0) is 122 Å². The molecule has 1 fully saturated rings. The zero-order valence-electron chi connectivity index (χ0n) is 82.3. The van der Waals surface area contributed by atoms with Crippen LogP contribution in [-0.2, 0) is 123 Å². The number of cyclic esters (lactones) is 1. The zero-order chi connectivity index (χ0) is 108. The van der Waals surface area contributed by atoms with E-state index >= 15 is 14.4 Å². The van der Waals surface area contributed by atoms with Gasteiger partial charge in [-0.2, -0.15) is 0 Å². The number of alkyl carbamates (subject to hydrolysis) is 2. The molecule has 0 bridgehead atoms. The highest BCUT2D eigenvalue weighted by molar-refractivity contribution is 6.06. The molecule has 51 nitrogen and oxygen atoms in total. The highest BCUT2D eigenvalue weighted by Gasteiger charge is 2.42. The fourth-order valence-corrected chi connectivity index (χ4v) is 15.1. The lowest BCUT2D eigenvalue weighted by Gasteiger charge is -2.30. The number of esters is 1. The van der Waals surface area contributed by atoms with Crippen molar-refractivity contribution in [3.63, 3.8) is 0 Å². The summed E-state index contributed by atoms with van der Waals surface area (Å²) in [4.78, 5) is 326. The van der Waals surface area contributed by atoms with Crippen molar-refractivity contribution in [1.29, 1.82) is 0 Å². The molecule has 0 radical (unpaired) electrons. The number of anilines is 1. The van der Waals surface area contributed by atoms with Crippen molar-refractivity contribution in [3.8, 4) is 0 Å². The first-order chi connectivity index (χ1) is 68.8. The number of ketones is 1. The van der Waals surface area contributed by atoms with Gasteiger partial charge in [-0.3, -0.25) is 95.9 Å². The Balaban J connectivity index is 1.41. The Labute approximate surface area is 837 Å². The Morgan fingerprint density at radius 3 is 1.48 bits per heavy atom. The maximum Gasteiger partial charge on any atom is 0.408 e. The van der Waals surface area contributed by atoms with Crippen molar-refractivity contribution in [2.75, 3.05) is 38.5 Å². The van der Waals surface area contributed by atoms with Crippen molar-refractivity contribution in [2.24, 2.45) is 11.7 Å². The van der Waals surface area contributed by atoms with E-state index < -0.39 is 303 Å². The number of hydrogen-bond donors (Lipinski definition) is 25. The molecular formula is C95H132N20O31. The van der Waals surface area contributed by atoms with Gasteiger partial charge in [0, 0.05) is 84.2 Å². The van der Waals surface area contributed by atoms with E-state index in [9.17, 15) is 121 Å². The molecule has 1 saturated heterocycles. The molecule has 6 rings (SSSR count). The molecule has 3 heterocycles. The summed E-state index contributed by atoms with van der Waals surface area (Å²) in [5.41, 5.74) is 11.9. The number of nitrogens with two attached hydrogens (primary N) is 2. The summed E-state index contributed by atoms with van der Waals surface area (Å²) in [6.07, 6.45) is -2.54. The molecular weight excluding hydrogens is 1920 g/mol. The number of hydrogen-bond acceptors (Lipinski definition) is 28. The van der Waals surface area contributed by atoms with Gasteiger partial charge in [0.25, 0.3) is 0 Å². The first kappa shape index (κ1) is 119. The third kappa shape index (κ3) is 41.6. The van der Waals surface area contributed by atoms with Gasteiger partial charge in [0.1, 0.15) is 89.8 Å². The van der Waals surface area contributed by atoms with Crippen molar-refractivity contribution in [1.82, 2.24) is 95.0 Å². The number of H-pyrrole nitrogens is 2. The van der Waals surface area contributed by atoms with E-state index in [0.717, 1.165) is 65.7 Å². The topological polar surface area (TPSA) is 798 Å². The average Bonchev–Trinajstić information content (AvgIpc) is 1.68. The summed E-state index contributed by atoms with van der Waals surface area (Å²) < 4.78 is 16.5. The van der Waals surface area contributed by atoms with Crippen LogP contribution in [0.4, 0.5) is 15.3 Å². The van der Waals surface area contributed by atoms with Crippen LogP contribution in [0.25, 0.3) is 21.8 Å². The molecule has 5 aromatic rings. The summed E-state index contributed by atoms with van der Waals surface area (Å²) in [5.74, 6) is -31.7. The van der Waals surface area contributed by atoms with Crippen LogP contribution < -0.4 is 96.5 Å². The summed E-state index contributed by atoms with van der Waals surface area (Å²) in [6.45, 7) is 8.97. The van der Waals surface area contributed by atoms with Gasteiger partial charge in [-0.15, -0.1) is 0 Å². The number of carbonyl (C=O) groups excluding carboxylic acids is 19. The number of primary amides is 1. The fraction of sp³-hybridized carbons (Fsp3) is 0.526. The Morgan fingerprint density at radius 2 is 0.932 bits per heavy atom. The number of amides is 17. The minimum absolute atomic E-state index is 0.0867. The number of aromatic amines is 2. The van der Waals surface area contributed by atoms with E-state index in [1.807, 2.05) is 16.0 Å². The number of para-hydroxylation sites is 3. The molecule has 51 heteroatoms. The number of ether oxygens (including phenoxy) is 3. The van der Waals surface area contributed by atoms with Crippen molar-refractivity contribution in [3.05, 3.63) is 102 Å². The molecule has 1 aliphatic rings. The van der Waals surface area contributed by atoms with Crippen LogP contribution in [0.3, 0.4) is 0 Å². The van der Waals surface area contributed by atoms with Crippen LogP contribution >= 0.6 is 0 Å². The van der Waals surface area contributed by atoms with Crippen molar-refractivity contribution in [2.45, 2.75) is 281 Å². The van der Waals surface area contributed by atoms with E-state index in [1.54, 1.807) is 102 Å². The molecule has 798 valence electrons. The zero-order valence-corrected chi connectivity index (χ0v) is 82.3. The number of aromatic nitrogens is 2. The van der Waals surface area contributed by atoms with E-state index in [1.165, 1.54) is 24.3 Å². The van der Waals surface area contributed by atoms with Crippen LogP contribution in [-0.4, -0.2) is 295 Å². The maximum atomic E-state index is 15.2. The first-order valence-electron chi connectivity index (χ1n) is 47.3. The molecule has 0 saturated carbocycles. The monoisotopic (exact) mass is 2050 g/mol. The summed E-state index contributed by atoms with van der Waals surface area (Å²) >= 11 is 0. The van der Waals surface area contributed by atoms with Crippen LogP contribution in [0, 0.1) is 5.92 Å². The first-order valence-corrected chi connectivity index (χ1v) is 47.3. The number of carboxylic acids is 4. The smallest absolute Gasteiger partial charge is 0.408 e. The van der Waals surface area contributed by atoms with E-state index in [4.69, 9.17) is 25.7 Å². The number of benzene rings is 3. The molecule has 3 aromatic carbocycles. The Bertz CT molecular complexity index is 5510. The molecule has 2 aromatic heterocycles. The number of nitrogen functional groups attached to an aromatic ring is 1. The number of nitrogens with one attached hydrogen (secondary N) is 18. The molecule has 14 unspecified atom stereocenters. The molecule has 1 aliphatic heterocycles. The third-order valence-corrected chi connectivity index (χ3v) is 22.5. The highest BCUT2D eigenvalue weighted by atomic mass is 16.6. The largest absolute Gasteiger partial charge is 0.481 e. The van der Waals surface area contributed by atoms with E-state index in [-0.39, 0.29) is 36.9 Å². The molecule has 17 amide bonds.